The average molecular weight is 465 g/mol. The van der Waals surface area contributed by atoms with Crippen molar-refractivity contribution >= 4 is 50.5 Å². The molecule has 9 heteroatoms. The van der Waals surface area contributed by atoms with Gasteiger partial charge in [-0.2, -0.15) is 0 Å². The Bertz CT molecular complexity index is 1150. The predicted octanol–water partition coefficient (Wildman–Crippen LogP) is 5.45. The monoisotopic (exact) mass is 464 g/mol. The Morgan fingerprint density at radius 2 is 1.63 bits per heavy atom. The van der Waals surface area contributed by atoms with Crippen LogP contribution in [0.4, 0.5) is 11.4 Å². The zero-order valence-corrected chi connectivity index (χ0v) is 18.2. The van der Waals surface area contributed by atoms with Gasteiger partial charge in [0.2, 0.25) is 0 Å². The number of hydrogen-bond acceptors (Lipinski definition) is 4. The van der Waals surface area contributed by atoms with Gasteiger partial charge in [-0.3, -0.25) is 9.52 Å². The third-order valence-electron chi connectivity index (χ3n) is 4.04. The molecule has 0 radical (unpaired) electrons. The fraction of sp³-hybridized carbons (Fsp3) is 0.0952. The largest absolute Gasteiger partial charge is 0.492 e. The number of amides is 1. The van der Waals surface area contributed by atoms with Gasteiger partial charge >= 0.3 is 0 Å². The van der Waals surface area contributed by atoms with E-state index in [4.69, 9.17) is 27.9 Å². The Labute approximate surface area is 184 Å². The first kappa shape index (κ1) is 22.0. The molecular formula is C21H18Cl2N2O4S. The number of sulfonamides is 1. The summed E-state index contributed by atoms with van der Waals surface area (Å²) >= 11 is 12.1. The van der Waals surface area contributed by atoms with Gasteiger partial charge < -0.3 is 10.1 Å². The van der Waals surface area contributed by atoms with Gasteiger partial charge in [0.1, 0.15) is 5.75 Å². The van der Waals surface area contributed by atoms with Crippen molar-refractivity contribution in [2.45, 2.75) is 11.8 Å². The molecular weight excluding hydrogens is 447 g/mol. The quantitative estimate of drug-likeness (QED) is 0.486. The van der Waals surface area contributed by atoms with E-state index >= 15 is 0 Å². The number of anilines is 2. The molecule has 0 unspecified atom stereocenters. The molecule has 0 aliphatic rings. The van der Waals surface area contributed by atoms with Crippen LogP contribution in [0.2, 0.25) is 10.0 Å². The minimum Gasteiger partial charge on any atom is -0.492 e. The molecule has 0 spiro atoms. The summed E-state index contributed by atoms with van der Waals surface area (Å²) in [6, 6.07) is 17.4. The summed E-state index contributed by atoms with van der Waals surface area (Å²) < 4.78 is 33.7. The number of ether oxygens (including phenoxy) is 1. The van der Waals surface area contributed by atoms with E-state index in [1.165, 1.54) is 30.3 Å². The molecule has 0 aliphatic carbocycles. The van der Waals surface area contributed by atoms with E-state index in [1.54, 1.807) is 43.3 Å². The summed E-state index contributed by atoms with van der Waals surface area (Å²) in [6.07, 6.45) is 0. The molecule has 0 aliphatic heterocycles. The molecule has 0 aromatic heterocycles. The topological polar surface area (TPSA) is 84.5 Å². The Balaban J connectivity index is 1.95. The maximum absolute atomic E-state index is 12.9. The first-order chi connectivity index (χ1) is 14.3. The lowest BCUT2D eigenvalue weighted by molar-refractivity contribution is 0.102. The van der Waals surface area contributed by atoms with Gasteiger partial charge in [-0.05, 0) is 49.4 Å². The van der Waals surface area contributed by atoms with Gasteiger partial charge in [-0.25, -0.2) is 8.42 Å². The third kappa shape index (κ3) is 5.05. The highest BCUT2D eigenvalue weighted by atomic mass is 35.5. The summed E-state index contributed by atoms with van der Waals surface area (Å²) in [5.41, 5.74) is 0.720. The lowest BCUT2D eigenvalue weighted by atomic mass is 10.2. The fourth-order valence-electron chi connectivity index (χ4n) is 2.63. The zero-order chi connectivity index (χ0) is 21.7. The molecule has 0 saturated heterocycles. The lowest BCUT2D eigenvalue weighted by Crippen LogP contribution is -2.16. The Kier molecular flexibility index (Phi) is 6.87. The maximum Gasteiger partial charge on any atom is 0.262 e. The average Bonchev–Trinajstić information content (AvgIpc) is 2.73. The van der Waals surface area contributed by atoms with E-state index in [-0.39, 0.29) is 26.3 Å². The van der Waals surface area contributed by atoms with Crippen LogP contribution in [0, 0.1) is 0 Å². The molecule has 0 bridgehead atoms. The van der Waals surface area contributed by atoms with Crippen molar-refractivity contribution in [1.82, 2.24) is 0 Å². The second-order valence-electron chi connectivity index (χ2n) is 6.11. The third-order valence-corrected chi connectivity index (χ3v) is 6.02. The normalized spacial score (nSPS) is 11.0. The van der Waals surface area contributed by atoms with Crippen molar-refractivity contribution < 1.29 is 17.9 Å². The summed E-state index contributed by atoms with van der Waals surface area (Å²) in [6.45, 7) is 2.13. The molecule has 3 aromatic rings. The van der Waals surface area contributed by atoms with Crippen LogP contribution in [0.15, 0.2) is 71.6 Å². The molecule has 2 N–H and O–H groups in total. The second-order valence-corrected chi connectivity index (χ2v) is 8.61. The Morgan fingerprint density at radius 3 is 2.27 bits per heavy atom. The van der Waals surface area contributed by atoms with Crippen LogP contribution in [-0.2, 0) is 10.0 Å². The molecule has 0 heterocycles. The number of carbonyl (C=O) groups excluding carboxylic acids is 1. The van der Waals surface area contributed by atoms with Gasteiger partial charge in [0.05, 0.1) is 32.9 Å². The Hall–Kier alpha value is -2.74. The van der Waals surface area contributed by atoms with Crippen LogP contribution in [0.3, 0.4) is 0 Å². The second kappa shape index (κ2) is 9.38. The molecule has 30 heavy (non-hydrogen) atoms. The number of halogens is 2. The molecule has 3 rings (SSSR count). The van der Waals surface area contributed by atoms with Crippen LogP contribution in [0.5, 0.6) is 5.75 Å². The highest BCUT2D eigenvalue weighted by Gasteiger charge is 2.20. The van der Waals surface area contributed by atoms with Crippen molar-refractivity contribution in [1.29, 1.82) is 0 Å². The SMILES string of the molecule is CCOc1ccc(S(=O)(=O)Nc2c(Cl)cccc2Cl)cc1NC(=O)c1ccccc1. The van der Waals surface area contributed by atoms with Crippen molar-refractivity contribution in [2.75, 3.05) is 16.6 Å². The first-order valence-electron chi connectivity index (χ1n) is 8.92. The van der Waals surface area contributed by atoms with Crippen LogP contribution >= 0.6 is 23.2 Å². The fourth-order valence-corrected chi connectivity index (χ4v) is 4.36. The number of benzene rings is 3. The van der Waals surface area contributed by atoms with E-state index in [0.717, 1.165) is 0 Å². The van der Waals surface area contributed by atoms with Crippen LogP contribution < -0.4 is 14.8 Å². The van der Waals surface area contributed by atoms with Crippen LogP contribution in [-0.4, -0.2) is 20.9 Å². The molecule has 156 valence electrons. The minimum absolute atomic E-state index is 0.0737. The summed E-state index contributed by atoms with van der Waals surface area (Å²) in [5.74, 6) is -0.0512. The summed E-state index contributed by atoms with van der Waals surface area (Å²) in [5, 5.41) is 3.03. The van der Waals surface area contributed by atoms with Gasteiger partial charge in [-0.15, -0.1) is 0 Å². The number of nitrogens with one attached hydrogen (secondary N) is 2. The summed E-state index contributed by atoms with van der Waals surface area (Å²) in [7, 11) is -4.04. The molecule has 3 aromatic carbocycles. The minimum atomic E-state index is -4.04. The van der Waals surface area contributed by atoms with Crippen molar-refractivity contribution in [3.63, 3.8) is 0 Å². The molecule has 6 nitrogen and oxygen atoms in total. The van der Waals surface area contributed by atoms with E-state index in [2.05, 4.69) is 10.0 Å². The molecule has 1 amide bonds. The van der Waals surface area contributed by atoms with Gasteiger partial charge in [0.15, 0.2) is 0 Å². The smallest absolute Gasteiger partial charge is 0.262 e. The zero-order valence-electron chi connectivity index (χ0n) is 15.9. The van der Waals surface area contributed by atoms with Gasteiger partial charge in [-0.1, -0.05) is 47.5 Å². The molecule has 0 saturated carbocycles. The van der Waals surface area contributed by atoms with E-state index in [9.17, 15) is 13.2 Å². The van der Waals surface area contributed by atoms with Crippen LogP contribution in [0.1, 0.15) is 17.3 Å². The first-order valence-corrected chi connectivity index (χ1v) is 11.2. The number of rotatable bonds is 7. The van der Waals surface area contributed by atoms with E-state index in [1.807, 2.05) is 0 Å². The van der Waals surface area contributed by atoms with Crippen molar-refractivity contribution in [3.8, 4) is 5.75 Å². The van der Waals surface area contributed by atoms with E-state index < -0.39 is 15.9 Å². The highest BCUT2D eigenvalue weighted by Crippen LogP contribution is 2.33. The van der Waals surface area contributed by atoms with E-state index in [0.29, 0.717) is 17.9 Å². The Morgan fingerprint density at radius 1 is 0.967 bits per heavy atom. The van der Waals surface area contributed by atoms with Gasteiger partial charge in [0.25, 0.3) is 15.9 Å². The predicted molar refractivity (Wildman–Crippen MR) is 119 cm³/mol. The van der Waals surface area contributed by atoms with Crippen molar-refractivity contribution in [2.24, 2.45) is 0 Å². The van der Waals surface area contributed by atoms with Crippen LogP contribution in [0.25, 0.3) is 0 Å². The van der Waals surface area contributed by atoms with Gasteiger partial charge in [0, 0.05) is 5.56 Å². The lowest BCUT2D eigenvalue weighted by Gasteiger charge is -2.15. The summed E-state index contributed by atoms with van der Waals surface area (Å²) in [4.78, 5) is 12.5. The highest BCUT2D eigenvalue weighted by molar-refractivity contribution is 7.92. The standard InChI is InChI=1S/C21H18Cl2N2O4S/c1-2-29-19-12-11-15(13-18(19)24-21(26)14-7-4-3-5-8-14)30(27,28)25-20-16(22)9-6-10-17(20)23/h3-13,25H,2H2,1H3,(H,24,26). The maximum atomic E-state index is 12.9. The molecule has 0 atom stereocenters. The number of hydrogen-bond donors (Lipinski definition) is 2. The number of carbonyl (C=O) groups is 1. The molecule has 0 fully saturated rings. The number of para-hydroxylation sites is 1. The van der Waals surface area contributed by atoms with Crippen molar-refractivity contribution in [3.05, 3.63) is 82.3 Å².